The lowest BCUT2D eigenvalue weighted by atomic mass is 9.97. The fraction of sp³-hybridized carbons (Fsp3) is 0.0500. The van der Waals surface area contributed by atoms with E-state index in [1.807, 2.05) is 54.6 Å². The van der Waals surface area contributed by atoms with Gasteiger partial charge in [-0.2, -0.15) is 0 Å². The van der Waals surface area contributed by atoms with Crippen LogP contribution in [-0.2, 0) is 0 Å². The Morgan fingerprint density at radius 1 is 0.783 bits per heavy atom. The standard InChI is InChI=1S/C20H15ClN2/c21-16-12-10-15(11-13-16)20-22-18-9-5-4-8-17(18)19(23-20)14-6-2-1-3-7-14/h1-13,20,22H/t20-/m0/s1. The molecule has 0 bridgehead atoms. The maximum atomic E-state index is 6.00. The minimum absolute atomic E-state index is 0.114. The van der Waals surface area contributed by atoms with Gasteiger partial charge >= 0.3 is 0 Å². The molecule has 0 amide bonds. The number of hydrogen-bond acceptors (Lipinski definition) is 2. The number of hydrogen-bond donors (Lipinski definition) is 1. The van der Waals surface area contributed by atoms with Crippen LogP contribution < -0.4 is 5.32 Å². The van der Waals surface area contributed by atoms with Crippen molar-refractivity contribution >= 4 is 23.0 Å². The van der Waals surface area contributed by atoms with E-state index in [1.54, 1.807) is 0 Å². The number of rotatable bonds is 2. The normalized spacial score (nSPS) is 16.2. The van der Waals surface area contributed by atoms with Crippen LogP contribution in [0.1, 0.15) is 22.9 Å². The third-order valence-electron chi connectivity index (χ3n) is 3.97. The van der Waals surface area contributed by atoms with Crippen molar-refractivity contribution in [1.82, 2.24) is 0 Å². The summed E-state index contributed by atoms with van der Waals surface area (Å²) in [4.78, 5) is 4.96. The van der Waals surface area contributed by atoms with Crippen LogP contribution in [0.2, 0.25) is 5.02 Å². The van der Waals surface area contributed by atoms with Gasteiger partial charge in [0.2, 0.25) is 0 Å². The number of benzene rings is 3. The molecule has 0 aliphatic carbocycles. The van der Waals surface area contributed by atoms with Gasteiger partial charge in [-0.25, -0.2) is 0 Å². The molecule has 0 saturated heterocycles. The van der Waals surface area contributed by atoms with E-state index in [2.05, 4.69) is 29.6 Å². The molecule has 0 spiro atoms. The summed E-state index contributed by atoms with van der Waals surface area (Å²) in [6, 6.07) is 26.4. The zero-order chi connectivity index (χ0) is 15.6. The highest BCUT2D eigenvalue weighted by molar-refractivity contribution is 6.30. The van der Waals surface area contributed by atoms with Crippen LogP contribution in [0.5, 0.6) is 0 Å². The summed E-state index contributed by atoms with van der Waals surface area (Å²) < 4.78 is 0. The van der Waals surface area contributed by atoms with E-state index < -0.39 is 0 Å². The molecule has 4 rings (SSSR count). The van der Waals surface area contributed by atoms with Crippen molar-refractivity contribution in [3.63, 3.8) is 0 Å². The van der Waals surface area contributed by atoms with Crippen LogP contribution >= 0.6 is 11.6 Å². The van der Waals surface area contributed by atoms with Gasteiger partial charge in [-0.15, -0.1) is 0 Å². The van der Waals surface area contributed by atoms with Crippen LogP contribution in [0, 0.1) is 0 Å². The molecule has 0 aromatic heterocycles. The second kappa shape index (κ2) is 5.90. The topological polar surface area (TPSA) is 24.4 Å². The quantitative estimate of drug-likeness (QED) is 0.681. The van der Waals surface area contributed by atoms with E-state index in [1.165, 1.54) is 0 Å². The highest BCUT2D eigenvalue weighted by atomic mass is 35.5. The summed E-state index contributed by atoms with van der Waals surface area (Å²) in [6.45, 7) is 0. The van der Waals surface area contributed by atoms with Gasteiger partial charge in [-0.3, -0.25) is 4.99 Å². The fourth-order valence-electron chi connectivity index (χ4n) is 2.82. The molecule has 0 radical (unpaired) electrons. The number of para-hydroxylation sites is 1. The number of anilines is 1. The third kappa shape index (κ3) is 2.73. The van der Waals surface area contributed by atoms with Crippen molar-refractivity contribution in [3.05, 3.63) is 101 Å². The summed E-state index contributed by atoms with van der Waals surface area (Å²) in [6.07, 6.45) is -0.114. The molecule has 1 atom stereocenters. The molecule has 2 nitrogen and oxygen atoms in total. The lowest BCUT2D eigenvalue weighted by molar-refractivity contribution is 0.828. The molecule has 3 aromatic rings. The molecule has 3 heteroatoms. The summed E-state index contributed by atoms with van der Waals surface area (Å²) in [5.74, 6) is 0. The Kier molecular flexibility index (Phi) is 3.60. The molecule has 0 fully saturated rings. The van der Waals surface area contributed by atoms with Crippen molar-refractivity contribution < 1.29 is 0 Å². The van der Waals surface area contributed by atoms with Crippen molar-refractivity contribution in [2.75, 3.05) is 5.32 Å². The predicted molar refractivity (Wildman–Crippen MR) is 96.3 cm³/mol. The molecule has 1 aliphatic heterocycles. The number of nitrogens with one attached hydrogen (secondary N) is 1. The van der Waals surface area contributed by atoms with Crippen molar-refractivity contribution in [3.8, 4) is 0 Å². The van der Waals surface area contributed by atoms with E-state index in [0.29, 0.717) is 0 Å². The minimum Gasteiger partial charge on any atom is -0.360 e. The first-order valence-corrected chi connectivity index (χ1v) is 7.94. The Labute approximate surface area is 140 Å². The monoisotopic (exact) mass is 318 g/mol. The van der Waals surface area contributed by atoms with E-state index in [0.717, 1.165) is 33.1 Å². The summed E-state index contributed by atoms with van der Waals surface area (Å²) in [5, 5.41) is 4.24. The Morgan fingerprint density at radius 3 is 2.26 bits per heavy atom. The van der Waals surface area contributed by atoms with Crippen LogP contribution in [-0.4, -0.2) is 5.71 Å². The number of halogens is 1. The van der Waals surface area contributed by atoms with Crippen LogP contribution in [0.3, 0.4) is 0 Å². The largest absolute Gasteiger partial charge is 0.360 e. The second-order valence-electron chi connectivity index (χ2n) is 5.49. The Hall–Kier alpha value is -2.58. The smallest absolute Gasteiger partial charge is 0.145 e. The molecule has 1 aliphatic rings. The van der Waals surface area contributed by atoms with Crippen LogP contribution in [0.4, 0.5) is 5.69 Å². The molecule has 3 aromatic carbocycles. The highest BCUT2D eigenvalue weighted by Crippen LogP contribution is 2.32. The van der Waals surface area contributed by atoms with Gasteiger partial charge in [0.1, 0.15) is 6.17 Å². The number of nitrogens with zero attached hydrogens (tertiary/aromatic N) is 1. The van der Waals surface area contributed by atoms with Crippen molar-refractivity contribution in [2.45, 2.75) is 6.17 Å². The molecule has 112 valence electrons. The number of fused-ring (bicyclic) bond motifs is 1. The van der Waals surface area contributed by atoms with Crippen molar-refractivity contribution in [1.29, 1.82) is 0 Å². The van der Waals surface area contributed by atoms with E-state index in [9.17, 15) is 0 Å². The average molecular weight is 319 g/mol. The third-order valence-corrected chi connectivity index (χ3v) is 4.22. The average Bonchev–Trinajstić information content (AvgIpc) is 2.62. The molecule has 1 N–H and O–H groups in total. The Balaban J connectivity index is 1.84. The Bertz CT molecular complexity index is 854. The van der Waals surface area contributed by atoms with Gasteiger partial charge in [-0.05, 0) is 23.8 Å². The first-order valence-electron chi connectivity index (χ1n) is 7.56. The lowest BCUT2D eigenvalue weighted by Gasteiger charge is -2.26. The summed E-state index contributed by atoms with van der Waals surface area (Å²) in [7, 11) is 0. The maximum absolute atomic E-state index is 6.00. The fourth-order valence-corrected chi connectivity index (χ4v) is 2.95. The lowest BCUT2D eigenvalue weighted by Crippen LogP contribution is -2.20. The first-order chi connectivity index (χ1) is 11.3. The molecule has 23 heavy (non-hydrogen) atoms. The Morgan fingerprint density at radius 2 is 1.48 bits per heavy atom. The first kappa shape index (κ1) is 14.0. The summed E-state index contributed by atoms with van der Waals surface area (Å²) in [5.41, 5.74) is 5.46. The predicted octanol–water partition coefficient (Wildman–Crippen LogP) is 5.30. The number of aliphatic imine (C=N–C) groups is 1. The van der Waals surface area contributed by atoms with Gasteiger partial charge in [0.05, 0.1) is 5.71 Å². The van der Waals surface area contributed by atoms with E-state index >= 15 is 0 Å². The molecule has 0 saturated carbocycles. The molecule has 0 unspecified atom stereocenters. The minimum atomic E-state index is -0.114. The van der Waals surface area contributed by atoms with Crippen LogP contribution in [0.25, 0.3) is 0 Å². The molecular formula is C20H15ClN2. The maximum Gasteiger partial charge on any atom is 0.145 e. The van der Waals surface area contributed by atoms with Gasteiger partial charge < -0.3 is 5.32 Å². The van der Waals surface area contributed by atoms with Crippen molar-refractivity contribution in [2.24, 2.45) is 4.99 Å². The van der Waals surface area contributed by atoms with Crippen LogP contribution in [0.15, 0.2) is 83.9 Å². The molecule has 1 heterocycles. The van der Waals surface area contributed by atoms with Gasteiger partial charge in [-0.1, -0.05) is 72.3 Å². The second-order valence-corrected chi connectivity index (χ2v) is 5.92. The summed E-state index contributed by atoms with van der Waals surface area (Å²) >= 11 is 6.00. The zero-order valence-electron chi connectivity index (χ0n) is 12.4. The van der Waals surface area contributed by atoms with Gasteiger partial charge in [0.25, 0.3) is 0 Å². The van der Waals surface area contributed by atoms with Gasteiger partial charge in [0, 0.05) is 21.8 Å². The van der Waals surface area contributed by atoms with E-state index in [4.69, 9.17) is 16.6 Å². The van der Waals surface area contributed by atoms with Gasteiger partial charge in [0.15, 0.2) is 0 Å². The highest BCUT2D eigenvalue weighted by Gasteiger charge is 2.21. The SMILES string of the molecule is Clc1ccc([C@@H]2N=C(c3ccccc3)c3ccccc3N2)cc1. The zero-order valence-corrected chi connectivity index (χ0v) is 13.2. The molecular weight excluding hydrogens is 304 g/mol. The van der Waals surface area contributed by atoms with E-state index in [-0.39, 0.29) is 6.17 Å².